The van der Waals surface area contributed by atoms with Crippen molar-refractivity contribution in [3.63, 3.8) is 0 Å². The van der Waals surface area contributed by atoms with E-state index in [1.54, 1.807) is 6.07 Å². The lowest BCUT2D eigenvalue weighted by molar-refractivity contribution is 0.0696. The molecule has 0 aliphatic rings. The molecule has 0 saturated heterocycles. The maximum absolute atomic E-state index is 11.0. The lowest BCUT2D eigenvalue weighted by atomic mass is 10.1. The zero-order valence-corrected chi connectivity index (χ0v) is 13.8. The third kappa shape index (κ3) is 4.01. The van der Waals surface area contributed by atoms with Crippen molar-refractivity contribution in [2.45, 2.75) is 0 Å². The largest absolute Gasteiger partial charge is 0.493 e. The number of hydrogen-bond acceptors (Lipinski definition) is 4. The van der Waals surface area contributed by atoms with E-state index < -0.39 is 5.97 Å². The van der Waals surface area contributed by atoms with Crippen LogP contribution in [0, 0.1) is 0 Å². The summed E-state index contributed by atoms with van der Waals surface area (Å²) in [4.78, 5) is 11.0. The number of carboxylic acid groups (broad SMARTS) is 1. The molecule has 3 aromatic carbocycles. The summed E-state index contributed by atoms with van der Waals surface area (Å²) >= 11 is 0. The second kappa shape index (κ2) is 7.57. The van der Waals surface area contributed by atoms with Gasteiger partial charge in [-0.15, -0.1) is 0 Å². The van der Waals surface area contributed by atoms with E-state index >= 15 is 0 Å². The van der Waals surface area contributed by atoms with Gasteiger partial charge in [-0.1, -0.05) is 30.3 Å². The molecule has 0 aliphatic heterocycles. The molecule has 0 amide bonds. The van der Waals surface area contributed by atoms with Crippen LogP contribution in [0.15, 0.2) is 60.7 Å². The van der Waals surface area contributed by atoms with Gasteiger partial charge in [0, 0.05) is 0 Å². The van der Waals surface area contributed by atoms with E-state index in [-0.39, 0.29) is 5.56 Å². The summed E-state index contributed by atoms with van der Waals surface area (Å²) in [6.07, 6.45) is 0. The number of carboxylic acids is 1. The second-order valence-electron chi connectivity index (χ2n) is 5.38. The quantitative estimate of drug-likeness (QED) is 0.660. The summed E-state index contributed by atoms with van der Waals surface area (Å²) in [6.45, 7) is 0.678. The van der Waals surface area contributed by atoms with Crippen molar-refractivity contribution in [1.82, 2.24) is 0 Å². The van der Waals surface area contributed by atoms with E-state index in [4.69, 9.17) is 19.3 Å². The zero-order valence-electron chi connectivity index (χ0n) is 13.8. The lowest BCUT2D eigenvalue weighted by Crippen LogP contribution is -2.10. The first kappa shape index (κ1) is 16.6. The van der Waals surface area contributed by atoms with Crippen LogP contribution in [0.3, 0.4) is 0 Å². The average Bonchev–Trinajstić information content (AvgIpc) is 2.65. The Hall–Kier alpha value is -3.21. The molecule has 3 rings (SSSR count). The van der Waals surface area contributed by atoms with Gasteiger partial charge in [-0.25, -0.2) is 4.79 Å². The Morgan fingerprint density at radius 2 is 1.64 bits per heavy atom. The first-order valence-electron chi connectivity index (χ1n) is 7.83. The van der Waals surface area contributed by atoms with Crippen molar-refractivity contribution in [1.29, 1.82) is 0 Å². The molecule has 0 atom stereocenters. The molecule has 0 spiro atoms. The van der Waals surface area contributed by atoms with Gasteiger partial charge in [0.25, 0.3) is 0 Å². The van der Waals surface area contributed by atoms with Crippen LogP contribution in [0.2, 0.25) is 0 Å². The molecule has 0 heterocycles. The standard InChI is InChI=1S/C20H18O5/c1-23-19-13-16(20(21)22)7-9-18(19)25-11-10-24-17-8-6-14-4-2-3-5-15(14)12-17/h2-9,12-13H,10-11H2,1H3,(H,21,22). The van der Waals surface area contributed by atoms with Gasteiger partial charge in [-0.3, -0.25) is 0 Å². The maximum Gasteiger partial charge on any atom is 0.335 e. The third-order valence-electron chi connectivity index (χ3n) is 3.74. The number of fused-ring (bicyclic) bond motifs is 1. The van der Waals surface area contributed by atoms with Crippen LogP contribution in [-0.2, 0) is 0 Å². The van der Waals surface area contributed by atoms with Crippen LogP contribution >= 0.6 is 0 Å². The summed E-state index contributed by atoms with van der Waals surface area (Å²) in [5, 5.41) is 11.3. The molecular weight excluding hydrogens is 320 g/mol. The molecular formula is C20H18O5. The van der Waals surface area contributed by atoms with E-state index in [2.05, 4.69) is 6.07 Å². The Bertz CT molecular complexity index is 888. The smallest absolute Gasteiger partial charge is 0.335 e. The van der Waals surface area contributed by atoms with E-state index in [9.17, 15) is 4.79 Å². The van der Waals surface area contributed by atoms with Crippen molar-refractivity contribution in [2.24, 2.45) is 0 Å². The Morgan fingerprint density at radius 1 is 0.880 bits per heavy atom. The minimum atomic E-state index is -1.01. The van der Waals surface area contributed by atoms with Crippen molar-refractivity contribution in [3.8, 4) is 17.2 Å². The molecule has 1 N–H and O–H groups in total. The SMILES string of the molecule is COc1cc(C(=O)O)ccc1OCCOc1ccc2ccccc2c1. The third-order valence-corrected chi connectivity index (χ3v) is 3.74. The van der Waals surface area contributed by atoms with Crippen LogP contribution < -0.4 is 14.2 Å². The Morgan fingerprint density at radius 3 is 2.40 bits per heavy atom. The predicted octanol–water partition coefficient (Wildman–Crippen LogP) is 4.00. The van der Waals surface area contributed by atoms with Crippen LogP contribution in [0.4, 0.5) is 0 Å². The summed E-state index contributed by atoms with van der Waals surface area (Å²) in [6, 6.07) is 18.5. The molecule has 0 aliphatic carbocycles. The van der Waals surface area contributed by atoms with Gasteiger partial charge in [-0.05, 0) is 41.1 Å². The van der Waals surface area contributed by atoms with Gasteiger partial charge in [-0.2, -0.15) is 0 Å². The van der Waals surface area contributed by atoms with E-state index in [1.165, 1.54) is 19.2 Å². The van der Waals surface area contributed by atoms with Gasteiger partial charge >= 0.3 is 5.97 Å². The van der Waals surface area contributed by atoms with Crippen molar-refractivity contribution >= 4 is 16.7 Å². The van der Waals surface area contributed by atoms with Gasteiger partial charge in [0.2, 0.25) is 0 Å². The van der Waals surface area contributed by atoms with Crippen LogP contribution in [0.25, 0.3) is 10.8 Å². The summed E-state index contributed by atoms with van der Waals surface area (Å²) < 4.78 is 16.5. The van der Waals surface area contributed by atoms with Crippen molar-refractivity contribution in [3.05, 3.63) is 66.2 Å². The van der Waals surface area contributed by atoms with Crippen LogP contribution in [-0.4, -0.2) is 31.4 Å². The lowest BCUT2D eigenvalue weighted by Gasteiger charge is -2.12. The van der Waals surface area contributed by atoms with E-state index in [1.807, 2.05) is 36.4 Å². The molecule has 25 heavy (non-hydrogen) atoms. The molecule has 0 aromatic heterocycles. The van der Waals surface area contributed by atoms with Crippen LogP contribution in [0.1, 0.15) is 10.4 Å². The van der Waals surface area contributed by atoms with E-state index in [0.717, 1.165) is 16.5 Å². The Kier molecular flexibility index (Phi) is 5.04. The molecule has 5 nitrogen and oxygen atoms in total. The molecule has 128 valence electrons. The highest BCUT2D eigenvalue weighted by Crippen LogP contribution is 2.28. The Labute approximate surface area is 145 Å². The van der Waals surface area contributed by atoms with Crippen molar-refractivity contribution in [2.75, 3.05) is 20.3 Å². The van der Waals surface area contributed by atoms with Gasteiger partial charge in [0.05, 0.1) is 12.7 Å². The number of hydrogen-bond donors (Lipinski definition) is 1. The monoisotopic (exact) mass is 338 g/mol. The fourth-order valence-corrected chi connectivity index (χ4v) is 2.49. The summed E-state index contributed by atoms with van der Waals surface area (Å²) in [5.41, 5.74) is 0.150. The fourth-order valence-electron chi connectivity index (χ4n) is 2.49. The Balaban J connectivity index is 1.58. The highest BCUT2D eigenvalue weighted by Gasteiger charge is 2.10. The predicted molar refractivity (Wildman–Crippen MR) is 94.9 cm³/mol. The number of aromatic carboxylic acids is 1. The fraction of sp³-hybridized carbons (Fsp3) is 0.150. The minimum absolute atomic E-state index is 0.150. The first-order chi connectivity index (χ1) is 12.2. The zero-order chi connectivity index (χ0) is 17.6. The highest BCUT2D eigenvalue weighted by molar-refractivity contribution is 5.88. The minimum Gasteiger partial charge on any atom is -0.493 e. The molecule has 3 aromatic rings. The maximum atomic E-state index is 11.0. The number of methoxy groups -OCH3 is 1. The molecule has 0 radical (unpaired) electrons. The number of benzene rings is 3. The topological polar surface area (TPSA) is 65.0 Å². The molecule has 0 unspecified atom stereocenters. The molecule has 0 saturated carbocycles. The number of ether oxygens (including phenoxy) is 3. The van der Waals surface area contributed by atoms with Gasteiger partial charge in [0.15, 0.2) is 11.5 Å². The van der Waals surface area contributed by atoms with Crippen molar-refractivity contribution < 1.29 is 24.1 Å². The van der Waals surface area contributed by atoms with Gasteiger partial charge < -0.3 is 19.3 Å². The number of carbonyl (C=O) groups is 1. The normalized spacial score (nSPS) is 10.4. The number of rotatable bonds is 7. The average molecular weight is 338 g/mol. The van der Waals surface area contributed by atoms with E-state index in [0.29, 0.717) is 24.7 Å². The summed E-state index contributed by atoms with van der Waals surface area (Å²) in [7, 11) is 1.47. The second-order valence-corrected chi connectivity index (χ2v) is 5.38. The van der Waals surface area contributed by atoms with Crippen LogP contribution in [0.5, 0.6) is 17.2 Å². The summed E-state index contributed by atoms with van der Waals surface area (Å²) in [5.74, 6) is 0.625. The first-order valence-corrected chi connectivity index (χ1v) is 7.83. The molecule has 0 bridgehead atoms. The molecule has 5 heteroatoms. The molecule has 0 fully saturated rings. The van der Waals surface area contributed by atoms with Gasteiger partial charge in [0.1, 0.15) is 19.0 Å². The highest BCUT2D eigenvalue weighted by atomic mass is 16.5.